The van der Waals surface area contributed by atoms with E-state index in [1.807, 2.05) is 0 Å². The fourth-order valence-corrected chi connectivity index (χ4v) is 2.20. The molecule has 7 nitrogen and oxygen atoms in total. The van der Waals surface area contributed by atoms with Crippen LogP contribution < -0.4 is 24.4 Å². The number of hydrazone groups is 1. The van der Waals surface area contributed by atoms with Crippen LogP contribution in [0.25, 0.3) is 0 Å². The highest BCUT2D eigenvalue weighted by molar-refractivity contribution is 6.33. The van der Waals surface area contributed by atoms with Crippen LogP contribution in [0.4, 0.5) is 0 Å². The summed E-state index contributed by atoms with van der Waals surface area (Å²) < 4.78 is 20.8. The zero-order chi connectivity index (χ0) is 18.9. The largest absolute Gasteiger partial charge is 0.497 e. The zero-order valence-electron chi connectivity index (χ0n) is 14.6. The highest BCUT2D eigenvalue weighted by atomic mass is 35.5. The highest BCUT2D eigenvalue weighted by Crippen LogP contribution is 2.32. The predicted molar refractivity (Wildman–Crippen MR) is 98.8 cm³/mol. The second-order valence-corrected chi connectivity index (χ2v) is 5.39. The first kappa shape index (κ1) is 19.4. The molecule has 0 saturated heterocycles. The molecular weight excluding hydrogens is 360 g/mol. The zero-order valence-corrected chi connectivity index (χ0v) is 15.4. The topological polar surface area (TPSA) is 78.4 Å². The van der Waals surface area contributed by atoms with Crippen molar-refractivity contribution in [1.82, 2.24) is 5.43 Å². The minimum absolute atomic E-state index is 0.177. The van der Waals surface area contributed by atoms with Crippen LogP contribution in [0.15, 0.2) is 41.5 Å². The lowest BCUT2D eigenvalue weighted by atomic mass is 10.2. The van der Waals surface area contributed by atoms with E-state index in [2.05, 4.69) is 10.5 Å². The van der Waals surface area contributed by atoms with E-state index in [-0.39, 0.29) is 6.61 Å². The Morgan fingerprint density at radius 2 is 1.65 bits per heavy atom. The van der Waals surface area contributed by atoms with E-state index in [0.717, 1.165) is 0 Å². The van der Waals surface area contributed by atoms with Gasteiger partial charge in [-0.2, -0.15) is 5.10 Å². The fraction of sp³-hybridized carbons (Fsp3) is 0.222. The number of hydrogen-bond donors (Lipinski definition) is 1. The molecule has 0 unspecified atom stereocenters. The van der Waals surface area contributed by atoms with Gasteiger partial charge in [0.1, 0.15) is 11.5 Å². The quantitative estimate of drug-likeness (QED) is 0.564. The molecule has 0 radical (unpaired) electrons. The predicted octanol–water partition coefficient (Wildman–Crippen LogP) is 2.89. The number of benzene rings is 2. The van der Waals surface area contributed by atoms with Gasteiger partial charge in [0.2, 0.25) is 0 Å². The van der Waals surface area contributed by atoms with Crippen LogP contribution in [0.2, 0.25) is 5.02 Å². The molecule has 0 heterocycles. The van der Waals surface area contributed by atoms with Crippen molar-refractivity contribution in [3.8, 4) is 23.0 Å². The number of rotatable bonds is 8. The lowest BCUT2D eigenvalue weighted by molar-refractivity contribution is -0.123. The molecule has 0 fully saturated rings. The molecule has 0 saturated carbocycles. The number of hydrogen-bond acceptors (Lipinski definition) is 6. The van der Waals surface area contributed by atoms with Crippen LogP contribution in [-0.2, 0) is 4.79 Å². The normalized spacial score (nSPS) is 10.5. The minimum atomic E-state index is -0.409. The van der Waals surface area contributed by atoms with Crippen molar-refractivity contribution in [2.45, 2.75) is 0 Å². The number of carbonyl (C=O) groups is 1. The van der Waals surface area contributed by atoms with E-state index >= 15 is 0 Å². The number of nitrogens with one attached hydrogen (secondary N) is 1. The summed E-state index contributed by atoms with van der Waals surface area (Å²) in [5, 5.41) is 4.28. The van der Waals surface area contributed by atoms with E-state index < -0.39 is 5.91 Å². The summed E-state index contributed by atoms with van der Waals surface area (Å²) in [5.74, 6) is 1.86. The van der Waals surface area contributed by atoms with Crippen LogP contribution in [0.5, 0.6) is 23.0 Å². The van der Waals surface area contributed by atoms with Gasteiger partial charge in [0, 0.05) is 11.6 Å². The van der Waals surface area contributed by atoms with Crippen LogP contribution in [-0.4, -0.2) is 40.1 Å². The Hall–Kier alpha value is -2.93. The van der Waals surface area contributed by atoms with E-state index in [9.17, 15) is 4.79 Å². The SMILES string of the molecule is COc1ccc(OCC(=O)N/N=C/c2cc(OC)c(OC)cc2Cl)cc1. The van der Waals surface area contributed by atoms with Gasteiger partial charge in [0.15, 0.2) is 18.1 Å². The van der Waals surface area contributed by atoms with Gasteiger partial charge in [0.05, 0.1) is 32.6 Å². The van der Waals surface area contributed by atoms with Crippen LogP contribution in [0, 0.1) is 0 Å². The Balaban J connectivity index is 1.90. The smallest absolute Gasteiger partial charge is 0.277 e. The minimum Gasteiger partial charge on any atom is -0.497 e. The summed E-state index contributed by atoms with van der Waals surface area (Å²) in [4.78, 5) is 11.8. The Bertz CT molecular complexity index is 778. The summed E-state index contributed by atoms with van der Waals surface area (Å²) in [6, 6.07) is 10.2. The molecule has 138 valence electrons. The van der Waals surface area contributed by atoms with Crippen molar-refractivity contribution in [3.63, 3.8) is 0 Å². The second-order valence-electron chi connectivity index (χ2n) is 4.99. The van der Waals surface area contributed by atoms with Crippen LogP contribution in [0.1, 0.15) is 5.56 Å². The molecule has 1 N–H and O–H groups in total. The molecule has 2 aromatic rings. The maximum atomic E-state index is 11.8. The second kappa shape index (κ2) is 9.53. The molecular formula is C18H19ClN2O5. The van der Waals surface area contributed by atoms with Gasteiger partial charge >= 0.3 is 0 Å². The van der Waals surface area contributed by atoms with Crippen molar-refractivity contribution >= 4 is 23.7 Å². The molecule has 0 aliphatic rings. The van der Waals surface area contributed by atoms with Crippen molar-refractivity contribution in [3.05, 3.63) is 47.0 Å². The van der Waals surface area contributed by atoms with Gasteiger partial charge in [0.25, 0.3) is 5.91 Å². The fourth-order valence-electron chi connectivity index (χ4n) is 2.00. The molecule has 8 heteroatoms. The maximum Gasteiger partial charge on any atom is 0.277 e. The maximum absolute atomic E-state index is 11.8. The van der Waals surface area contributed by atoms with Gasteiger partial charge in [-0.25, -0.2) is 5.43 Å². The van der Waals surface area contributed by atoms with Crippen molar-refractivity contribution in [1.29, 1.82) is 0 Å². The third-order valence-electron chi connectivity index (χ3n) is 3.33. The van der Waals surface area contributed by atoms with Crippen molar-refractivity contribution in [2.75, 3.05) is 27.9 Å². The van der Waals surface area contributed by atoms with Crippen LogP contribution in [0.3, 0.4) is 0 Å². The third kappa shape index (κ3) is 5.29. The first-order valence-corrected chi connectivity index (χ1v) is 7.95. The summed E-state index contributed by atoms with van der Waals surface area (Å²) in [7, 11) is 4.61. The van der Waals surface area contributed by atoms with Crippen LogP contribution >= 0.6 is 11.6 Å². The molecule has 0 aromatic heterocycles. The number of amides is 1. The van der Waals surface area contributed by atoms with E-state index in [1.165, 1.54) is 20.4 Å². The monoisotopic (exact) mass is 378 g/mol. The van der Waals surface area contributed by atoms with Gasteiger partial charge < -0.3 is 18.9 Å². The standard InChI is InChI=1S/C18H19ClN2O5/c1-23-13-4-6-14(7-5-13)26-11-18(22)21-20-10-12-8-16(24-2)17(25-3)9-15(12)19/h4-10H,11H2,1-3H3,(H,21,22)/b20-10+. The van der Waals surface area contributed by atoms with Gasteiger partial charge in [-0.15, -0.1) is 0 Å². The Labute approximate surface area is 156 Å². The average molecular weight is 379 g/mol. The Kier molecular flexibility index (Phi) is 7.11. The molecule has 0 aliphatic heterocycles. The molecule has 0 spiro atoms. The summed E-state index contributed by atoms with van der Waals surface area (Å²) in [6.07, 6.45) is 1.41. The highest BCUT2D eigenvalue weighted by Gasteiger charge is 2.08. The number of halogens is 1. The molecule has 0 atom stereocenters. The average Bonchev–Trinajstić information content (AvgIpc) is 2.67. The first-order chi connectivity index (χ1) is 12.6. The molecule has 0 bridgehead atoms. The molecule has 2 rings (SSSR count). The lowest BCUT2D eigenvalue weighted by Gasteiger charge is -2.09. The van der Waals surface area contributed by atoms with Gasteiger partial charge in [-0.3, -0.25) is 4.79 Å². The Morgan fingerprint density at radius 3 is 2.27 bits per heavy atom. The number of nitrogens with zero attached hydrogens (tertiary/aromatic N) is 1. The van der Waals surface area contributed by atoms with Gasteiger partial charge in [-0.1, -0.05) is 11.6 Å². The Morgan fingerprint density at radius 1 is 1.04 bits per heavy atom. The number of carbonyl (C=O) groups excluding carboxylic acids is 1. The number of methoxy groups -OCH3 is 3. The lowest BCUT2D eigenvalue weighted by Crippen LogP contribution is -2.24. The van der Waals surface area contributed by atoms with E-state index in [0.29, 0.717) is 33.6 Å². The molecule has 1 amide bonds. The summed E-state index contributed by atoms with van der Waals surface area (Å²) in [5.41, 5.74) is 2.94. The first-order valence-electron chi connectivity index (χ1n) is 7.57. The van der Waals surface area contributed by atoms with E-state index in [4.69, 9.17) is 30.5 Å². The van der Waals surface area contributed by atoms with Crippen molar-refractivity contribution < 1.29 is 23.7 Å². The molecule has 0 aliphatic carbocycles. The number of ether oxygens (including phenoxy) is 4. The summed E-state index contributed by atoms with van der Waals surface area (Å²) in [6.45, 7) is -0.177. The van der Waals surface area contributed by atoms with Crippen molar-refractivity contribution in [2.24, 2.45) is 5.10 Å². The summed E-state index contributed by atoms with van der Waals surface area (Å²) >= 11 is 6.14. The van der Waals surface area contributed by atoms with E-state index in [1.54, 1.807) is 43.5 Å². The third-order valence-corrected chi connectivity index (χ3v) is 3.65. The van der Waals surface area contributed by atoms with Gasteiger partial charge in [-0.05, 0) is 30.3 Å². The molecule has 2 aromatic carbocycles. The molecule has 26 heavy (non-hydrogen) atoms.